The zero-order valence-electron chi connectivity index (χ0n) is 19.3. The Morgan fingerprint density at radius 2 is 1.93 bits per heavy atom. The third-order valence-corrected chi connectivity index (χ3v) is 9.68. The van der Waals surface area contributed by atoms with Gasteiger partial charge in [-0.15, -0.1) is 0 Å². The first-order valence-corrected chi connectivity index (χ1v) is 12.5. The molecule has 0 saturated heterocycles. The van der Waals surface area contributed by atoms with Gasteiger partial charge in [0.2, 0.25) is 0 Å². The van der Waals surface area contributed by atoms with Crippen molar-refractivity contribution in [3.8, 4) is 0 Å². The summed E-state index contributed by atoms with van der Waals surface area (Å²) in [6.07, 6.45) is 19.4. The van der Waals surface area contributed by atoms with Crippen molar-refractivity contribution in [3.05, 3.63) is 35.5 Å². The summed E-state index contributed by atoms with van der Waals surface area (Å²) in [4.78, 5) is 0. The van der Waals surface area contributed by atoms with Crippen LogP contribution in [0.2, 0.25) is 0 Å². The van der Waals surface area contributed by atoms with Crippen LogP contribution in [0.1, 0.15) is 65.7 Å². The summed E-state index contributed by atoms with van der Waals surface area (Å²) in [6, 6.07) is 0. The Bertz CT molecular complexity index is 739. The lowest BCUT2D eigenvalue weighted by molar-refractivity contribution is -0.105. The molecule has 0 aromatic rings. The monoisotopic (exact) mass is 411 g/mol. The molecule has 5 aliphatic rings. The summed E-state index contributed by atoms with van der Waals surface area (Å²) in [5.41, 5.74) is 4.26. The quantitative estimate of drug-likeness (QED) is 0.361. The maximum Gasteiger partial charge on any atom is 0.147 e. The van der Waals surface area contributed by atoms with E-state index in [0.29, 0.717) is 29.6 Å². The highest BCUT2D eigenvalue weighted by Gasteiger charge is 2.57. The molecule has 0 amide bonds. The van der Waals surface area contributed by atoms with Crippen LogP contribution in [0.4, 0.5) is 0 Å². The van der Waals surface area contributed by atoms with Crippen LogP contribution in [0.5, 0.6) is 0 Å². The second-order valence-corrected chi connectivity index (χ2v) is 10.9. The minimum absolute atomic E-state index is 0.353. The van der Waals surface area contributed by atoms with E-state index in [-0.39, 0.29) is 0 Å². The summed E-state index contributed by atoms with van der Waals surface area (Å²) in [7, 11) is 0. The van der Waals surface area contributed by atoms with E-state index in [1.807, 2.05) is 6.92 Å². The molecule has 1 aliphatic heterocycles. The molecule has 4 aliphatic carbocycles. The summed E-state index contributed by atoms with van der Waals surface area (Å²) >= 11 is 0. The highest BCUT2D eigenvalue weighted by Crippen LogP contribution is 2.65. The first-order valence-electron chi connectivity index (χ1n) is 12.5. The Hall–Kier alpha value is -0.900. The summed E-state index contributed by atoms with van der Waals surface area (Å²) in [5, 5.41) is 3.59. The molecule has 166 valence electrons. The van der Waals surface area contributed by atoms with Gasteiger partial charge in [-0.1, -0.05) is 49.3 Å². The molecular formula is C27H41NO2. The summed E-state index contributed by atoms with van der Waals surface area (Å²) < 4.78 is 11.5. The van der Waals surface area contributed by atoms with Gasteiger partial charge < -0.3 is 14.8 Å². The Morgan fingerprint density at radius 1 is 1.07 bits per heavy atom. The van der Waals surface area contributed by atoms with Gasteiger partial charge in [0.05, 0.1) is 6.10 Å². The molecule has 0 radical (unpaired) electrons. The zero-order chi connectivity index (χ0) is 20.8. The highest BCUT2D eigenvalue weighted by molar-refractivity contribution is 5.33. The van der Waals surface area contributed by atoms with E-state index < -0.39 is 0 Å². The topological polar surface area (TPSA) is 30.5 Å². The standard InChI is InChI=1S/C27H41NO2/c1-4-29-18-30-21-11-13-26(2)20(16-21)7-8-22-24-10-9-23(19-6-5-15-28-17-19)27(24,3)14-12-25(22)26/h5-7,9,19,21-22,24-25,28H,4,8,10-18H2,1-3H3. The SMILES string of the molecule is CCOCOC1CCC2(C)C(=CCC3C2CCC2(C)C(C4C=CCNC4)=CCC32)C1. The number of hydrogen-bond acceptors (Lipinski definition) is 3. The van der Waals surface area contributed by atoms with Crippen molar-refractivity contribution in [1.29, 1.82) is 0 Å². The van der Waals surface area contributed by atoms with E-state index in [1.54, 1.807) is 11.1 Å². The Labute approximate surface area is 183 Å². The molecule has 0 aromatic carbocycles. The van der Waals surface area contributed by atoms with Crippen LogP contribution in [-0.2, 0) is 9.47 Å². The van der Waals surface area contributed by atoms with Crippen molar-refractivity contribution in [1.82, 2.24) is 5.32 Å². The molecule has 3 heteroatoms. The van der Waals surface area contributed by atoms with Crippen molar-refractivity contribution in [2.45, 2.75) is 71.8 Å². The minimum Gasteiger partial charge on any atom is -0.356 e. The van der Waals surface area contributed by atoms with Crippen molar-refractivity contribution >= 4 is 0 Å². The number of hydrogen-bond donors (Lipinski definition) is 1. The van der Waals surface area contributed by atoms with Gasteiger partial charge in [0.15, 0.2) is 0 Å². The molecule has 1 N–H and O–H groups in total. The van der Waals surface area contributed by atoms with E-state index >= 15 is 0 Å². The summed E-state index contributed by atoms with van der Waals surface area (Å²) in [6.45, 7) is 10.6. The maximum atomic E-state index is 6.04. The highest BCUT2D eigenvalue weighted by atomic mass is 16.7. The van der Waals surface area contributed by atoms with Crippen molar-refractivity contribution in [2.75, 3.05) is 26.5 Å². The predicted octanol–water partition coefficient (Wildman–Crippen LogP) is 5.64. The van der Waals surface area contributed by atoms with E-state index in [0.717, 1.165) is 43.9 Å². The molecule has 7 atom stereocenters. The Kier molecular flexibility index (Phi) is 5.75. The van der Waals surface area contributed by atoms with Crippen molar-refractivity contribution in [2.24, 2.45) is 34.5 Å². The van der Waals surface area contributed by atoms with E-state index in [1.165, 1.54) is 38.5 Å². The number of nitrogens with one attached hydrogen (secondary N) is 1. The van der Waals surface area contributed by atoms with Gasteiger partial charge >= 0.3 is 0 Å². The first kappa shape index (κ1) is 21.0. The fraction of sp³-hybridized carbons (Fsp3) is 0.778. The van der Waals surface area contributed by atoms with Gasteiger partial charge in [-0.3, -0.25) is 0 Å². The van der Waals surface area contributed by atoms with E-state index in [9.17, 15) is 0 Å². The second kappa shape index (κ2) is 8.22. The average Bonchev–Trinajstić information content (AvgIpc) is 3.12. The molecule has 1 heterocycles. The van der Waals surface area contributed by atoms with Crippen LogP contribution in [0.25, 0.3) is 0 Å². The van der Waals surface area contributed by atoms with Crippen molar-refractivity contribution in [3.63, 3.8) is 0 Å². The molecule has 0 bridgehead atoms. The predicted molar refractivity (Wildman–Crippen MR) is 122 cm³/mol. The lowest BCUT2D eigenvalue weighted by Gasteiger charge is -2.58. The van der Waals surface area contributed by atoms with Gasteiger partial charge in [0, 0.05) is 25.6 Å². The van der Waals surface area contributed by atoms with Gasteiger partial charge in [-0.2, -0.15) is 0 Å². The minimum atomic E-state index is 0.353. The first-order chi connectivity index (χ1) is 14.6. The van der Waals surface area contributed by atoms with Crippen LogP contribution < -0.4 is 5.32 Å². The van der Waals surface area contributed by atoms with Crippen LogP contribution in [0.3, 0.4) is 0 Å². The number of fused-ring (bicyclic) bond motifs is 5. The van der Waals surface area contributed by atoms with E-state index in [2.05, 4.69) is 43.5 Å². The molecule has 2 fully saturated rings. The van der Waals surface area contributed by atoms with Gasteiger partial charge in [-0.05, 0) is 80.5 Å². The molecule has 2 saturated carbocycles. The number of allylic oxidation sites excluding steroid dienone is 2. The van der Waals surface area contributed by atoms with Crippen LogP contribution >= 0.6 is 0 Å². The largest absolute Gasteiger partial charge is 0.356 e. The molecule has 3 nitrogen and oxygen atoms in total. The molecule has 7 unspecified atom stereocenters. The third-order valence-electron chi connectivity index (χ3n) is 9.68. The molecular weight excluding hydrogens is 370 g/mol. The normalized spacial score (nSPS) is 45.2. The van der Waals surface area contributed by atoms with Gasteiger partial charge in [-0.25, -0.2) is 0 Å². The molecule has 0 spiro atoms. The van der Waals surface area contributed by atoms with Gasteiger partial charge in [0.1, 0.15) is 6.79 Å². The molecule has 0 aromatic heterocycles. The second-order valence-electron chi connectivity index (χ2n) is 10.9. The van der Waals surface area contributed by atoms with Crippen LogP contribution in [-0.4, -0.2) is 32.6 Å². The Morgan fingerprint density at radius 3 is 2.73 bits per heavy atom. The number of rotatable bonds is 5. The molecule has 30 heavy (non-hydrogen) atoms. The lowest BCUT2D eigenvalue weighted by Crippen LogP contribution is -2.50. The van der Waals surface area contributed by atoms with E-state index in [4.69, 9.17) is 9.47 Å². The van der Waals surface area contributed by atoms with Gasteiger partial charge in [0.25, 0.3) is 0 Å². The smallest absolute Gasteiger partial charge is 0.147 e. The zero-order valence-corrected chi connectivity index (χ0v) is 19.3. The Balaban J connectivity index is 1.33. The van der Waals surface area contributed by atoms with Crippen molar-refractivity contribution < 1.29 is 9.47 Å². The lowest BCUT2D eigenvalue weighted by atomic mass is 9.47. The summed E-state index contributed by atoms with van der Waals surface area (Å²) in [5.74, 6) is 3.17. The average molecular weight is 412 g/mol. The van der Waals surface area contributed by atoms with Crippen LogP contribution in [0, 0.1) is 34.5 Å². The fourth-order valence-corrected chi connectivity index (χ4v) is 8.01. The van der Waals surface area contributed by atoms with Crippen LogP contribution in [0.15, 0.2) is 35.5 Å². The maximum absolute atomic E-state index is 6.04. The number of ether oxygens (including phenoxy) is 2. The molecule has 5 rings (SSSR count). The fourth-order valence-electron chi connectivity index (χ4n) is 8.01. The third kappa shape index (κ3) is 3.36.